The van der Waals surface area contributed by atoms with Crippen LogP contribution in [0.3, 0.4) is 0 Å². The molecule has 2 unspecified atom stereocenters. The minimum atomic E-state index is 0.330. The summed E-state index contributed by atoms with van der Waals surface area (Å²) in [6.45, 7) is 3.77. The fourth-order valence-electron chi connectivity index (χ4n) is 4.58. The third-order valence-electron chi connectivity index (χ3n) is 6.50. The second kappa shape index (κ2) is 9.03. The highest BCUT2D eigenvalue weighted by atomic mass is 16.5. The molecule has 28 heavy (non-hydrogen) atoms. The maximum Gasteiger partial charge on any atom is 0.193 e. The molecule has 6 heteroatoms. The molecule has 0 aliphatic heterocycles. The number of nitrogens with one attached hydrogen (secondary N) is 1. The van der Waals surface area contributed by atoms with Crippen LogP contribution in [0.5, 0.6) is 11.5 Å². The van der Waals surface area contributed by atoms with E-state index in [0.29, 0.717) is 17.6 Å². The monoisotopic (exact) mass is 389 g/mol. The van der Waals surface area contributed by atoms with Crippen molar-refractivity contribution in [3.8, 4) is 11.5 Å². The van der Waals surface area contributed by atoms with E-state index in [4.69, 9.17) is 14.2 Å². The summed E-state index contributed by atoms with van der Waals surface area (Å²) >= 11 is 0. The molecular formula is C22H35N3O3. The Bertz CT molecular complexity index is 688. The molecule has 0 amide bonds. The summed E-state index contributed by atoms with van der Waals surface area (Å²) < 4.78 is 16.7. The van der Waals surface area contributed by atoms with E-state index < -0.39 is 0 Å². The van der Waals surface area contributed by atoms with E-state index in [1.165, 1.54) is 24.8 Å². The van der Waals surface area contributed by atoms with Crippen LogP contribution in [0.2, 0.25) is 0 Å². The van der Waals surface area contributed by atoms with Crippen molar-refractivity contribution in [2.24, 2.45) is 10.4 Å². The molecule has 2 fully saturated rings. The molecule has 6 nitrogen and oxygen atoms in total. The Labute approximate surface area is 169 Å². The quantitative estimate of drug-likeness (QED) is 0.547. The van der Waals surface area contributed by atoms with Crippen LogP contribution >= 0.6 is 0 Å². The van der Waals surface area contributed by atoms with Gasteiger partial charge in [0.25, 0.3) is 0 Å². The van der Waals surface area contributed by atoms with Crippen LogP contribution < -0.4 is 14.8 Å². The molecule has 0 heterocycles. The number of rotatable bonds is 8. The summed E-state index contributed by atoms with van der Waals surface area (Å²) in [5.41, 5.74) is 1.55. The number of likely N-dealkylation sites (N-methyl/N-ethyl adjacent to an activating group) is 1. The minimum absolute atomic E-state index is 0.330. The Kier molecular flexibility index (Phi) is 6.70. The topological polar surface area (TPSA) is 55.3 Å². The first kappa shape index (κ1) is 20.8. The van der Waals surface area contributed by atoms with Gasteiger partial charge in [0.2, 0.25) is 0 Å². The van der Waals surface area contributed by atoms with Gasteiger partial charge in [0.05, 0.1) is 20.3 Å². The van der Waals surface area contributed by atoms with Gasteiger partial charge < -0.3 is 24.4 Å². The van der Waals surface area contributed by atoms with E-state index in [0.717, 1.165) is 43.5 Å². The van der Waals surface area contributed by atoms with Crippen molar-refractivity contribution in [3.63, 3.8) is 0 Å². The summed E-state index contributed by atoms with van der Waals surface area (Å²) in [7, 11) is 7.29. The predicted molar refractivity (Wildman–Crippen MR) is 112 cm³/mol. The molecule has 3 rings (SSSR count). The van der Waals surface area contributed by atoms with Crippen LogP contribution in [0.1, 0.15) is 38.2 Å². The van der Waals surface area contributed by atoms with Gasteiger partial charge >= 0.3 is 0 Å². The molecule has 1 N–H and O–H groups in total. The third kappa shape index (κ3) is 3.93. The standard InChI is InChI=1S/C22H35N3O3/c1-6-28-20-15-19(22(20)11-7-12-22)24-21(23-2)25(3)13-10-16-8-9-17(26-4)18(14-16)27-5/h8-9,14,19-20H,6-7,10-13,15H2,1-5H3,(H,23,24). The van der Waals surface area contributed by atoms with Gasteiger partial charge in [0.15, 0.2) is 17.5 Å². The van der Waals surface area contributed by atoms with Gasteiger partial charge in [0.1, 0.15) is 0 Å². The third-order valence-corrected chi connectivity index (χ3v) is 6.50. The lowest BCUT2D eigenvalue weighted by Gasteiger charge is -2.61. The summed E-state index contributed by atoms with van der Waals surface area (Å²) in [4.78, 5) is 6.73. The SMILES string of the molecule is CCOC1CC(NC(=NC)N(C)CCc2ccc(OC)c(OC)c2)C12CCC2. The van der Waals surface area contributed by atoms with Gasteiger partial charge in [-0.1, -0.05) is 12.5 Å². The Morgan fingerprint density at radius 3 is 2.57 bits per heavy atom. The van der Waals surface area contributed by atoms with Crippen molar-refractivity contribution < 1.29 is 14.2 Å². The van der Waals surface area contributed by atoms with Crippen LogP contribution in [-0.2, 0) is 11.2 Å². The van der Waals surface area contributed by atoms with Gasteiger partial charge in [-0.2, -0.15) is 0 Å². The van der Waals surface area contributed by atoms with Gasteiger partial charge in [-0.15, -0.1) is 0 Å². The number of benzene rings is 1. The van der Waals surface area contributed by atoms with E-state index in [1.807, 2.05) is 19.2 Å². The molecule has 0 aromatic heterocycles. The lowest BCUT2D eigenvalue weighted by atomic mass is 9.51. The number of hydrogen-bond acceptors (Lipinski definition) is 4. The molecular weight excluding hydrogens is 354 g/mol. The van der Waals surface area contributed by atoms with E-state index in [-0.39, 0.29) is 0 Å². The fraction of sp³-hybridized carbons (Fsp3) is 0.682. The maximum absolute atomic E-state index is 5.97. The molecule has 1 aromatic carbocycles. The van der Waals surface area contributed by atoms with Crippen molar-refractivity contribution >= 4 is 5.96 Å². The Morgan fingerprint density at radius 1 is 1.25 bits per heavy atom. The fourth-order valence-corrected chi connectivity index (χ4v) is 4.58. The van der Waals surface area contributed by atoms with Crippen molar-refractivity contribution in [2.75, 3.05) is 41.5 Å². The number of guanidine groups is 1. The maximum atomic E-state index is 5.97. The molecule has 0 bridgehead atoms. The van der Waals surface area contributed by atoms with Gasteiger partial charge in [-0.25, -0.2) is 0 Å². The van der Waals surface area contributed by atoms with Gasteiger partial charge in [-0.05, 0) is 50.3 Å². The Balaban J connectivity index is 1.55. The molecule has 1 spiro atoms. The highest BCUT2D eigenvalue weighted by Gasteiger charge is 2.59. The minimum Gasteiger partial charge on any atom is -0.493 e. The molecule has 2 aliphatic carbocycles. The molecule has 1 aromatic rings. The second-order valence-electron chi connectivity index (χ2n) is 7.87. The van der Waals surface area contributed by atoms with Crippen LogP contribution in [-0.4, -0.2) is 64.5 Å². The Morgan fingerprint density at radius 2 is 2.00 bits per heavy atom. The van der Waals surface area contributed by atoms with E-state index in [1.54, 1.807) is 14.2 Å². The van der Waals surface area contributed by atoms with Crippen LogP contribution in [0.15, 0.2) is 23.2 Å². The van der Waals surface area contributed by atoms with Gasteiger partial charge in [0, 0.05) is 38.7 Å². The van der Waals surface area contributed by atoms with Crippen LogP contribution in [0.4, 0.5) is 0 Å². The normalized spacial score (nSPS) is 23.0. The Hall–Kier alpha value is -1.95. The lowest BCUT2D eigenvalue weighted by Crippen LogP contribution is -2.68. The highest BCUT2D eigenvalue weighted by Crippen LogP contribution is 2.57. The van der Waals surface area contributed by atoms with Gasteiger partial charge in [-0.3, -0.25) is 4.99 Å². The van der Waals surface area contributed by atoms with Crippen molar-refractivity contribution in [2.45, 2.75) is 51.2 Å². The summed E-state index contributed by atoms with van der Waals surface area (Å²) in [6.07, 6.45) is 6.25. The smallest absolute Gasteiger partial charge is 0.193 e. The largest absolute Gasteiger partial charge is 0.493 e. The lowest BCUT2D eigenvalue weighted by molar-refractivity contribution is -0.168. The second-order valence-corrected chi connectivity index (χ2v) is 7.87. The number of hydrogen-bond donors (Lipinski definition) is 1. The van der Waals surface area contributed by atoms with Crippen molar-refractivity contribution in [1.29, 1.82) is 0 Å². The zero-order valence-electron chi connectivity index (χ0n) is 18.0. The molecule has 2 aliphatic rings. The average Bonchev–Trinajstić information content (AvgIpc) is 2.66. The van der Waals surface area contributed by atoms with Crippen molar-refractivity contribution in [3.05, 3.63) is 23.8 Å². The first-order valence-electron chi connectivity index (χ1n) is 10.3. The predicted octanol–water partition coefficient (Wildman–Crippen LogP) is 3.10. The molecule has 0 saturated heterocycles. The molecule has 2 saturated carbocycles. The van der Waals surface area contributed by atoms with E-state index >= 15 is 0 Å². The first-order chi connectivity index (χ1) is 13.6. The zero-order valence-corrected chi connectivity index (χ0v) is 18.0. The number of aliphatic imine (C=N–C) groups is 1. The summed E-state index contributed by atoms with van der Waals surface area (Å²) in [5.74, 6) is 2.50. The van der Waals surface area contributed by atoms with Crippen LogP contribution in [0, 0.1) is 5.41 Å². The van der Waals surface area contributed by atoms with E-state index in [9.17, 15) is 0 Å². The molecule has 2 atom stereocenters. The van der Waals surface area contributed by atoms with Crippen molar-refractivity contribution in [1.82, 2.24) is 10.2 Å². The molecule has 0 radical (unpaired) electrons. The average molecular weight is 390 g/mol. The first-order valence-corrected chi connectivity index (χ1v) is 10.3. The molecule has 156 valence electrons. The van der Waals surface area contributed by atoms with Crippen LogP contribution in [0.25, 0.3) is 0 Å². The highest BCUT2D eigenvalue weighted by molar-refractivity contribution is 5.80. The zero-order chi connectivity index (χ0) is 20.1. The van der Waals surface area contributed by atoms with E-state index in [2.05, 4.69) is 35.2 Å². The number of ether oxygens (including phenoxy) is 3. The summed E-state index contributed by atoms with van der Waals surface area (Å²) in [5, 5.41) is 3.71. The number of methoxy groups -OCH3 is 2. The summed E-state index contributed by atoms with van der Waals surface area (Å²) in [6, 6.07) is 6.57. The number of nitrogens with zero attached hydrogens (tertiary/aromatic N) is 2.